The number of fused-ring (bicyclic) bond motifs is 6. The van der Waals surface area contributed by atoms with Crippen LogP contribution in [0.4, 0.5) is 11.4 Å². The molecule has 0 spiro atoms. The van der Waals surface area contributed by atoms with Crippen molar-refractivity contribution < 1.29 is 15.0 Å². The number of likely N-dealkylation sites (tertiary alicyclic amines) is 2. The summed E-state index contributed by atoms with van der Waals surface area (Å²) in [5.41, 5.74) is 4.14. The molecule has 6 aromatic heterocycles. The third-order valence-corrected chi connectivity index (χ3v) is 13.3. The minimum atomic E-state index is -0.833. The Morgan fingerprint density at radius 2 is 1.07 bits per heavy atom. The van der Waals surface area contributed by atoms with E-state index < -0.39 is 11.2 Å². The molecule has 0 aliphatic carbocycles. The van der Waals surface area contributed by atoms with Crippen LogP contribution in [0, 0.1) is 0 Å². The van der Waals surface area contributed by atoms with Gasteiger partial charge in [-0.1, -0.05) is 0 Å². The van der Waals surface area contributed by atoms with Crippen LogP contribution in [0.1, 0.15) is 26.7 Å². The van der Waals surface area contributed by atoms with Crippen molar-refractivity contribution >= 4 is 61.0 Å². The number of H-pyrrole nitrogens is 2. The largest absolute Gasteiger partial charge is 0.389 e. The quantitative estimate of drug-likeness (QED) is 0.161. The zero-order chi connectivity index (χ0) is 39.6. The van der Waals surface area contributed by atoms with E-state index in [0.717, 1.165) is 108 Å². The first kappa shape index (κ1) is 37.5. The topological polar surface area (TPSA) is 160 Å². The molecule has 304 valence electrons. The number of carbonyl (C=O) groups excluding carboxylic acids is 1. The summed E-state index contributed by atoms with van der Waals surface area (Å²) in [7, 11) is 0. The van der Waals surface area contributed by atoms with Crippen LogP contribution in [0.25, 0.3) is 43.9 Å². The van der Waals surface area contributed by atoms with Gasteiger partial charge in [-0.3, -0.25) is 34.4 Å². The predicted octanol–water partition coefficient (Wildman–Crippen LogP) is 2.70. The number of aromatic amines is 2. The zero-order valence-corrected chi connectivity index (χ0v) is 33.5. The lowest BCUT2D eigenvalue weighted by Gasteiger charge is -2.42. The van der Waals surface area contributed by atoms with Gasteiger partial charge in [0.05, 0.1) is 46.7 Å². The molecule has 0 bridgehead atoms. The third-order valence-electron chi connectivity index (χ3n) is 13.3. The Bertz CT molecular complexity index is 2280. The van der Waals surface area contributed by atoms with E-state index in [0.29, 0.717) is 52.1 Å². The van der Waals surface area contributed by atoms with Crippen LogP contribution in [-0.2, 0) is 4.79 Å². The molecule has 4 N–H and O–H groups in total. The molecular weight excluding hydrogens is 733 g/mol. The molecule has 4 aliphatic rings. The third kappa shape index (κ3) is 7.07. The molecule has 15 nitrogen and oxygen atoms in total. The van der Waals surface area contributed by atoms with E-state index in [1.807, 2.05) is 51.0 Å². The fraction of sp³-hybridized carbons (Fsp3) is 0.512. The van der Waals surface area contributed by atoms with Crippen molar-refractivity contribution in [2.75, 3.05) is 101 Å². The zero-order valence-electron chi connectivity index (χ0n) is 33.5. The number of nitrogens with zero attached hydrogens (tertiary/aromatic N) is 10. The van der Waals surface area contributed by atoms with Gasteiger partial charge in [-0.25, -0.2) is 9.97 Å². The normalized spacial score (nSPS) is 25.5. The number of β-amino-alcohol motifs (C(OH)–C–C–N with tert-alkyl or cyclic N) is 2. The second-order valence-corrected chi connectivity index (χ2v) is 17.6. The molecule has 0 saturated carbocycles. The number of anilines is 2. The van der Waals surface area contributed by atoms with Crippen molar-refractivity contribution in [2.24, 2.45) is 0 Å². The standard InChI is InChI=1S/C43H54N12O3/c1-42(57)7-13-54(27-42)35(25-50-15-19-52(20-16-50)33-5-11-44-31-23-48-40-29(37(31)33)3-9-46-40)39(56)36(55-14-8-43(2,58)28-55)26-51-17-21-53(22-18-51)34-6-12-45-32-24-49-41-30(38(32)34)4-10-47-41/h3-6,9-12,23-24,35-36,57-58H,7-8,13-22,25-28H2,1-2H3,(H,46,48)(H,47,49). The summed E-state index contributed by atoms with van der Waals surface area (Å²) >= 11 is 0. The van der Waals surface area contributed by atoms with Crippen molar-refractivity contribution in [2.45, 2.75) is 50.0 Å². The van der Waals surface area contributed by atoms with Crippen molar-refractivity contribution in [1.29, 1.82) is 0 Å². The van der Waals surface area contributed by atoms with E-state index >= 15 is 4.79 Å². The van der Waals surface area contributed by atoms with Gasteiger partial charge in [0.15, 0.2) is 5.78 Å². The van der Waals surface area contributed by atoms with Crippen molar-refractivity contribution in [3.8, 4) is 0 Å². The second kappa shape index (κ2) is 14.8. The molecule has 0 amide bonds. The highest BCUT2D eigenvalue weighted by atomic mass is 16.3. The fourth-order valence-electron chi connectivity index (χ4n) is 10.1. The predicted molar refractivity (Wildman–Crippen MR) is 226 cm³/mol. The van der Waals surface area contributed by atoms with Gasteiger partial charge in [-0.05, 0) is 51.0 Å². The number of carbonyl (C=O) groups is 1. The van der Waals surface area contributed by atoms with Gasteiger partial charge in [0.2, 0.25) is 0 Å². The van der Waals surface area contributed by atoms with Crippen LogP contribution in [0.5, 0.6) is 0 Å². The van der Waals surface area contributed by atoms with Gasteiger partial charge >= 0.3 is 0 Å². The fourth-order valence-corrected chi connectivity index (χ4v) is 10.1. The lowest BCUT2D eigenvalue weighted by atomic mass is 9.99. The Hall–Kier alpha value is -4.77. The van der Waals surface area contributed by atoms with Crippen LogP contribution in [-0.4, -0.2) is 180 Å². The van der Waals surface area contributed by atoms with E-state index in [-0.39, 0.29) is 17.9 Å². The van der Waals surface area contributed by atoms with E-state index in [4.69, 9.17) is 0 Å². The van der Waals surface area contributed by atoms with E-state index in [9.17, 15) is 10.2 Å². The van der Waals surface area contributed by atoms with Crippen molar-refractivity contribution in [3.05, 3.63) is 61.4 Å². The number of ketones is 1. The molecule has 0 aromatic carbocycles. The minimum absolute atomic E-state index is 0.199. The van der Waals surface area contributed by atoms with Gasteiger partial charge in [-0.2, -0.15) is 0 Å². The monoisotopic (exact) mass is 786 g/mol. The van der Waals surface area contributed by atoms with Gasteiger partial charge in [0, 0.05) is 149 Å². The summed E-state index contributed by atoms with van der Waals surface area (Å²) in [5.74, 6) is 0.199. The van der Waals surface area contributed by atoms with Gasteiger partial charge in [0.25, 0.3) is 0 Å². The number of pyridine rings is 4. The molecule has 4 saturated heterocycles. The van der Waals surface area contributed by atoms with E-state index in [1.54, 1.807) is 0 Å². The summed E-state index contributed by atoms with van der Waals surface area (Å²) in [4.78, 5) is 54.4. The highest BCUT2D eigenvalue weighted by Gasteiger charge is 2.45. The van der Waals surface area contributed by atoms with Crippen molar-refractivity contribution in [1.82, 2.24) is 49.5 Å². The SMILES string of the molecule is CC1(O)CCN(C(CN2CCN(c3ccnc4cnc5[nH]ccc5c34)CC2)C(=O)C(CN2CCN(c3ccnc4cnc5[nH]ccc5c34)CC2)N2CCC(C)(O)C2)C1. The molecule has 0 radical (unpaired) electrons. The first-order valence-electron chi connectivity index (χ1n) is 20.9. The van der Waals surface area contributed by atoms with Crippen LogP contribution in [0.3, 0.4) is 0 Å². The molecular formula is C43H54N12O3. The van der Waals surface area contributed by atoms with E-state index in [2.05, 4.69) is 83.6 Å². The number of aliphatic hydroxyl groups is 2. The van der Waals surface area contributed by atoms with Crippen LogP contribution in [0.2, 0.25) is 0 Å². The first-order chi connectivity index (χ1) is 28.1. The molecule has 4 fully saturated rings. The lowest BCUT2D eigenvalue weighted by Crippen LogP contribution is -2.60. The minimum Gasteiger partial charge on any atom is -0.389 e. The Labute approximate surface area is 337 Å². The molecule has 6 aromatic rings. The number of Topliss-reactive ketones (excluding diaryl/α,β-unsaturated/α-hetero) is 1. The maximum Gasteiger partial charge on any atom is 0.169 e. The Balaban J connectivity index is 0.872. The Kier molecular flexibility index (Phi) is 9.57. The maximum absolute atomic E-state index is 15.3. The molecule has 10 rings (SSSR count). The van der Waals surface area contributed by atoms with Crippen molar-refractivity contribution in [3.63, 3.8) is 0 Å². The molecule has 15 heteroatoms. The maximum atomic E-state index is 15.3. The molecule has 10 heterocycles. The highest BCUT2D eigenvalue weighted by Crippen LogP contribution is 2.34. The number of piperazine rings is 2. The van der Waals surface area contributed by atoms with Crippen LogP contribution < -0.4 is 9.80 Å². The summed E-state index contributed by atoms with van der Waals surface area (Å²) in [5, 5.41) is 26.7. The smallest absolute Gasteiger partial charge is 0.169 e. The summed E-state index contributed by atoms with van der Waals surface area (Å²) in [6.07, 6.45) is 12.6. The molecule has 4 atom stereocenters. The number of hydrogen-bond donors (Lipinski definition) is 4. The van der Waals surface area contributed by atoms with Gasteiger partial charge in [0.1, 0.15) is 11.3 Å². The Morgan fingerprint density at radius 3 is 1.47 bits per heavy atom. The van der Waals surface area contributed by atoms with Crippen LogP contribution >= 0.6 is 0 Å². The summed E-state index contributed by atoms with van der Waals surface area (Å²) in [6.45, 7) is 13.9. The second-order valence-electron chi connectivity index (χ2n) is 17.6. The van der Waals surface area contributed by atoms with E-state index in [1.165, 1.54) is 0 Å². The van der Waals surface area contributed by atoms with Crippen LogP contribution in [0.15, 0.2) is 61.4 Å². The lowest BCUT2D eigenvalue weighted by molar-refractivity contribution is -0.131. The van der Waals surface area contributed by atoms with Gasteiger partial charge in [-0.15, -0.1) is 0 Å². The number of nitrogens with one attached hydrogen (secondary N) is 2. The molecule has 58 heavy (non-hydrogen) atoms. The number of rotatable bonds is 10. The summed E-state index contributed by atoms with van der Waals surface area (Å²) < 4.78 is 0. The molecule has 4 aliphatic heterocycles. The average molecular weight is 787 g/mol. The van der Waals surface area contributed by atoms with Gasteiger partial charge < -0.3 is 30.0 Å². The first-order valence-corrected chi connectivity index (χ1v) is 20.9. The molecule has 4 unspecified atom stereocenters. The average Bonchev–Trinajstić information content (AvgIpc) is 4.05. The Morgan fingerprint density at radius 1 is 0.638 bits per heavy atom. The highest BCUT2D eigenvalue weighted by molar-refractivity contribution is 6.11. The summed E-state index contributed by atoms with van der Waals surface area (Å²) in [6, 6.07) is 7.62. The number of hydrogen-bond acceptors (Lipinski definition) is 13. The number of aromatic nitrogens is 6.